The molecule has 22 heavy (non-hydrogen) atoms. The van der Waals surface area contributed by atoms with Crippen molar-refractivity contribution in [1.29, 1.82) is 0 Å². The average Bonchev–Trinajstić information content (AvgIpc) is 2.96. The van der Waals surface area contributed by atoms with E-state index in [1.807, 2.05) is 18.2 Å². The Labute approximate surface area is 139 Å². The van der Waals surface area contributed by atoms with Crippen LogP contribution in [0.25, 0.3) is 10.4 Å². The number of piperidine rings is 1. The number of carbonyl (C=O) groups is 1. The monoisotopic (exact) mass is 335 g/mol. The Morgan fingerprint density at radius 1 is 1.27 bits per heavy atom. The van der Waals surface area contributed by atoms with Crippen molar-refractivity contribution >= 4 is 28.9 Å². The fraction of sp³-hybridized carbons (Fsp3) is 0.353. The molecular weight excluding hydrogens is 318 g/mol. The van der Waals surface area contributed by atoms with E-state index in [-0.39, 0.29) is 5.92 Å². The highest BCUT2D eigenvalue weighted by molar-refractivity contribution is 7.15. The minimum atomic E-state index is -0.654. The third kappa shape index (κ3) is 3.69. The lowest BCUT2D eigenvalue weighted by Gasteiger charge is -2.29. The Morgan fingerprint density at radius 3 is 2.73 bits per heavy atom. The molecule has 3 rings (SSSR count). The molecule has 1 aliphatic heterocycles. The maximum Gasteiger partial charge on any atom is 0.306 e. The summed E-state index contributed by atoms with van der Waals surface area (Å²) in [6.07, 6.45) is 1.50. The number of hydrogen-bond donors (Lipinski definition) is 1. The van der Waals surface area contributed by atoms with Gasteiger partial charge in [-0.3, -0.25) is 9.69 Å². The lowest BCUT2D eigenvalue weighted by molar-refractivity contribution is -0.143. The number of rotatable bonds is 4. The van der Waals surface area contributed by atoms with Crippen LogP contribution in [0.4, 0.5) is 0 Å². The van der Waals surface area contributed by atoms with E-state index < -0.39 is 5.97 Å². The molecule has 1 aliphatic rings. The van der Waals surface area contributed by atoms with Crippen LogP contribution < -0.4 is 0 Å². The van der Waals surface area contributed by atoms with E-state index in [2.05, 4.69) is 23.1 Å². The van der Waals surface area contributed by atoms with E-state index >= 15 is 0 Å². The maximum atomic E-state index is 11.0. The molecule has 1 aromatic carbocycles. The van der Waals surface area contributed by atoms with Gasteiger partial charge in [-0.15, -0.1) is 11.3 Å². The Balaban J connectivity index is 1.62. The number of benzene rings is 1. The molecule has 0 saturated carbocycles. The molecule has 5 heteroatoms. The first-order valence-corrected chi connectivity index (χ1v) is 8.61. The topological polar surface area (TPSA) is 40.5 Å². The van der Waals surface area contributed by atoms with E-state index in [9.17, 15) is 4.79 Å². The molecule has 3 nitrogen and oxygen atoms in total. The van der Waals surface area contributed by atoms with E-state index in [1.54, 1.807) is 11.3 Å². The molecule has 2 aromatic rings. The van der Waals surface area contributed by atoms with Crippen molar-refractivity contribution in [2.75, 3.05) is 13.1 Å². The van der Waals surface area contributed by atoms with Crippen molar-refractivity contribution in [3.05, 3.63) is 46.3 Å². The number of nitrogens with zero attached hydrogens (tertiary/aromatic N) is 1. The third-order valence-electron chi connectivity index (χ3n) is 4.09. The summed E-state index contributed by atoms with van der Waals surface area (Å²) in [5.74, 6) is -0.819. The van der Waals surface area contributed by atoms with Gasteiger partial charge in [0.15, 0.2) is 0 Å². The van der Waals surface area contributed by atoms with Crippen molar-refractivity contribution in [3.63, 3.8) is 0 Å². The number of likely N-dealkylation sites (tertiary alicyclic amines) is 1. The van der Waals surface area contributed by atoms with Crippen molar-refractivity contribution in [1.82, 2.24) is 4.90 Å². The third-order valence-corrected chi connectivity index (χ3v) is 5.44. The fourth-order valence-corrected chi connectivity index (χ4v) is 4.06. The molecule has 1 aromatic heterocycles. The second kappa shape index (κ2) is 6.82. The number of aliphatic carboxylic acids is 1. The van der Waals surface area contributed by atoms with Crippen LogP contribution in [-0.4, -0.2) is 29.1 Å². The first-order valence-electron chi connectivity index (χ1n) is 7.41. The van der Waals surface area contributed by atoms with Crippen LogP contribution in [0.2, 0.25) is 5.02 Å². The molecule has 0 unspecified atom stereocenters. The molecular formula is C17H18ClNO2S. The number of hydrogen-bond acceptors (Lipinski definition) is 3. The van der Waals surface area contributed by atoms with Crippen LogP contribution >= 0.6 is 22.9 Å². The van der Waals surface area contributed by atoms with Gasteiger partial charge in [-0.2, -0.15) is 0 Å². The Hall–Kier alpha value is -1.36. The largest absolute Gasteiger partial charge is 0.481 e. The summed E-state index contributed by atoms with van der Waals surface area (Å²) >= 11 is 7.82. The van der Waals surface area contributed by atoms with Crippen LogP contribution in [0, 0.1) is 5.92 Å². The quantitative estimate of drug-likeness (QED) is 0.902. The van der Waals surface area contributed by atoms with Gasteiger partial charge in [0, 0.05) is 21.3 Å². The lowest BCUT2D eigenvalue weighted by Crippen LogP contribution is -2.35. The Bertz CT molecular complexity index is 662. The van der Waals surface area contributed by atoms with Gasteiger partial charge in [0.05, 0.1) is 5.92 Å². The van der Waals surface area contributed by atoms with Crippen molar-refractivity contribution in [3.8, 4) is 10.4 Å². The predicted octanol–water partition coefficient (Wildman–Crippen LogP) is 4.37. The van der Waals surface area contributed by atoms with Gasteiger partial charge in [0.2, 0.25) is 0 Å². The van der Waals surface area contributed by atoms with Crippen LogP contribution in [0.1, 0.15) is 17.7 Å². The minimum Gasteiger partial charge on any atom is -0.481 e. The summed E-state index contributed by atoms with van der Waals surface area (Å²) in [4.78, 5) is 15.8. The Morgan fingerprint density at radius 2 is 2.05 bits per heavy atom. The summed E-state index contributed by atoms with van der Waals surface area (Å²) < 4.78 is 0. The summed E-state index contributed by atoms with van der Waals surface area (Å²) in [5.41, 5.74) is 1.15. The van der Waals surface area contributed by atoms with Crippen LogP contribution in [0.3, 0.4) is 0 Å². The van der Waals surface area contributed by atoms with Gasteiger partial charge >= 0.3 is 5.97 Å². The Kier molecular flexibility index (Phi) is 4.81. The summed E-state index contributed by atoms with van der Waals surface area (Å²) in [5, 5.41) is 9.79. The number of carboxylic acid groups (broad SMARTS) is 1. The van der Waals surface area contributed by atoms with Crippen molar-refractivity contribution in [2.45, 2.75) is 19.4 Å². The molecule has 2 heterocycles. The molecule has 1 saturated heterocycles. The van der Waals surface area contributed by atoms with E-state index in [0.29, 0.717) is 0 Å². The number of halogens is 1. The zero-order chi connectivity index (χ0) is 15.5. The highest BCUT2D eigenvalue weighted by Gasteiger charge is 2.24. The van der Waals surface area contributed by atoms with Crippen molar-refractivity contribution < 1.29 is 9.90 Å². The first kappa shape index (κ1) is 15.5. The molecule has 0 aliphatic carbocycles. The normalized spacial score (nSPS) is 16.8. The summed E-state index contributed by atoms with van der Waals surface area (Å²) in [6.45, 7) is 2.63. The number of carboxylic acids is 1. The van der Waals surface area contributed by atoms with E-state index in [0.717, 1.165) is 43.1 Å². The molecule has 0 atom stereocenters. The van der Waals surface area contributed by atoms with Gasteiger partial charge in [-0.05, 0) is 55.8 Å². The average molecular weight is 336 g/mol. The SMILES string of the molecule is O=C(O)C1CCN(Cc2ccc(-c3cccc(Cl)c3)s2)CC1. The zero-order valence-corrected chi connectivity index (χ0v) is 13.7. The van der Waals surface area contributed by atoms with Gasteiger partial charge < -0.3 is 5.11 Å². The van der Waals surface area contributed by atoms with E-state index in [4.69, 9.17) is 16.7 Å². The maximum absolute atomic E-state index is 11.0. The van der Waals surface area contributed by atoms with Gasteiger partial charge in [0.1, 0.15) is 0 Å². The fourth-order valence-electron chi connectivity index (χ4n) is 2.82. The summed E-state index contributed by atoms with van der Waals surface area (Å²) in [7, 11) is 0. The lowest BCUT2D eigenvalue weighted by atomic mass is 9.97. The second-order valence-corrected chi connectivity index (χ2v) is 7.27. The van der Waals surface area contributed by atoms with Crippen LogP contribution in [-0.2, 0) is 11.3 Å². The van der Waals surface area contributed by atoms with Gasteiger partial charge in [-0.1, -0.05) is 23.7 Å². The highest BCUT2D eigenvalue weighted by atomic mass is 35.5. The van der Waals surface area contributed by atoms with Gasteiger partial charge in [0.25, 0.3) is 0 Å². The molecule has 0 spiro atoms. The molecule has 0 amide bonds. The predicted molar refractivity (Wildman–Crippen MR) is 90.4 cm³/mol. The molecule has 0 bridgehead atoms. The molecule has 0 radical (unpaired) electrons. The molecule has 1 N–H and O–H groups in total. The summed E-state index contributed by atoms with van der Waals surface area (Å²) in [6, 6.07) is 12.2. The van der Waals surface area contributed by atoms with Gasteiger partial charge in [-0.25, -0.2) is 0 Å². The second-order valence-electron chi connectivity index (χ2n) is 5.66. The first-order chi connectivity index (χ1) is 10.6. The van der Waals surface area contributed by atoms with Crippen molar-refractivity contribution in [2.24, 2.45) is 5.92 Å². The molecule has 1 fully saturated rings. The van der Waals surface area contributed by atoms with Crippen LogP contribution in [0.5, 0.6) is 0 Å². The smallest absolute Gasteiger partial charge is 0.306 e. The minimum absolute atomic E-state index is 0.165. The number of thiophene rings is 1. The zero-order valence-electron chi connectivity index (χ0n) is 12.2. The van der Waals surface area contributed by atoms with Crippen LogP contribution in [0.15, 0.2) is 36.4 Å². The highest BCUT2D eigenvalue weighted by Crippen LogP contribution is 2.31. The standard InChI is InChI=1S/C17H18ClNO2S/c18-14-3-1-2-13(10-14)16-5-4-15(22-16)11-19-8-6-12(7-9-19)17(20)21/h1-5,10,12H,6-9,11H2,(H,20,21). The molecule has 116 valence electrons. The van der Waals surface area contributed by atoms with E-state index in [1.165, 1.54) is 9.75 Å².